The molecule has 2 aliphatic rings. The van der Waals surface area contributed by atoms with E-state index in [9.17, 15) is 4.79 Å². The van der Waals surface area contributed by atoms with E-state index in [1.807, 2.05) is 11.8 Å². The molecule has 0 bridgehead atoms. The lowest BCUT2D eigenvalue weighted by atomic mass is 9.80. The molecule has 0 aromatic rings. The normalized spacial score (nSPS) is 27.6. The van der Waals surface area contributed by atoms with Crippen molar-refractivity contribution >= 4 is 29.3 Å². The van der Waals surface area contributed by atoms with Crippen LogP contribution in [0.2, 0.25) is 0 Å². The van der Waals surface area contributed by atoms with Crippen molar-refractivity contribution in [2.75, 3.05) is 23.9 Å². The molecule has 2 rings (SSSR count). The van der Waals surface area contributed by atoms with E-state index in [1.165, 1.54) is 11.5 Å². The van der Waals surface area contributed by atoms with Gasteiger partial charge in [0.05, 0.1) is 11.4 Å². The molecule has 0 aromatic heterocycles. The van der Waals surface area contributed by atoms with Crippen molar-refractivity contribution in [1.29, 1.82) is 0 Å². The summed E-state index contributed by atoms with van der Waals surface area (Å²) in [5.41, 5.74) is 0.0479. The maximum absolute atomic E-state index is 12.2. The number of rotatable bonds is 4. The summed E-state index contributed by atoms with van der Waals surface area (Å²) in [7, 11) is 0. The van der Waals surface area contributed by atoms with Crippen LogP contribution in [-0.2, 0) is 9.53 Å². The van der Waals surface area contributed by atoms with Crippen LogP contribution in [0.3, 0.4) is 0 Å². The maximum atomic E-state index is 12.2. The largest absolute Gasteiger partial charge is 0.375 e. The van der Waals surface area contributed by atoms with Gasteiger partial charge >= 0.3 is 0 Å². The van der Waals surface area contributed by atoms with Crippen molar-refractivity contribution in [3.63, 3.8) is 0 Å². The lowest BCUT2D eigenvalue weighted by molar-refractivity contribution is -0.136. The minimum Gasteiger partial charge on any atom is -0.375 e. The van der Waals surface area contributed by atoms with E-state index in [2.05, 4.69) is 13.8 Å². The first-order chi connectivity index (χ1) is 8.61. The molecule has 0 aliphatic carbocycles. The van der Waals surface area contributed by atoms with Crippen molar-refractivity contribution in [3.05, 3.63) is 0 Å². The molecule has 2 nitrogen and oxygen atoms in total. The average molecular weight is 288 g/mol. The van der Waals surface area contributed by atoms with Crippen LogP contribution in [0.25, 0.3) is 0 Å². The molecule has 2 fully saturated rings. The molecule has 2 aliphatic heterocycles. The third-order valence-electron chi connectivity index (χ3n) is 3.91. The number of ketones is 1. The highest BCUT2D eigenvalue weighted by Gasteiger charge is 2.40. The van der Waals surface area contributed by atoms with E-state index >= 15 is 0 Å². The molecule has 4 heteroatoms. The summed E-state index contributed by atoms with van der Waals surface area (Å²) in [5, 5.41) is 0.550. The van der Waals surface area contributed by atoms with Crippen LogP contribution in [0.1, 0.15) is 39.5 Å². The highest BCUT2D eigenvalue weighted by atomic mass is 32.2. The van der Waals surface area contributed by atoms with Gasteiger partial charge in [-0.25, -0.2) is 0 Å². The fourth-order valence-corrected chi connectivity index (χ4v) is 4.73. The Labute approximate surface area is 119 Å². The lowest BCUT2D eigenvalue weighted by Gasteiger charge is -2.43. The smallest absolute Gasteiger partial charge is 0.146 e. The number of Topliss-reactive ketones (excluding diaryl/α,β-unsaturated/α-hetero) is 1. The van der Waals surface area contributed by atoms with Gasteiger partial charge in [-0.15, -0.1) is 0 Å². The monoisotopic (exact) mass is 288 g/mol. The molecular weight excluding hydrogens is 264 g/mol. The van der Waals surface area contributed by atoms with Gasteiger partial charge in [0, 0.05) is 12.5 Å². The Balaban J connectivity index is 1.87. The SMILES string of the molecule is CC(C)SCC(=O)C1CCOC2(CCSCC2)C1. The molecule has 104 valence electrons. The summed E-state index contributed by atoms with van der Waals surface area (Å²) in [6, 6.07) is 0. The van der Waals surface area contributed by atoms with Gasteiger partial charge < -0.3 is 4.74 Å². The van der Waals surface area contributed by atoms with Gasteiger partial charge in [-0.2, -0.15) is 23.5 Å². The van der Waals surface area contributed by atoms with Crippen LogP contribution in [-0.4, -0.2) is 40.5 Å². The summed E-state index contributed by atoms with van der Waals surface area (Å²) in [6.07, 6.45) is 4.19. The number of ether oxygens (including phenoxy) is 1. The van der Waals surface area contributed by atoms with Crippen LogP contribution in [0.4, 0.5) is 0 Å². The third kappa shape index (κ3) is 3.91. The molecule has 18 heavy (non-hydrogen) atoms. The quantitative estimate of drug-likeness (QED) is 0.792. The first-order valence-corrected chi connectivity index (χ1v) is 9.18. The zero-order valence-electron chi connectivity index (χ0n) is 11.4. The van der Waals surface area contributed by atoms with Gasteiger partial charge in [-0.1, -0.05) is 13.8 Å². The number of hydrogen-bond acceptors (Lipinski definition) is 4. The molecule has 0 aromatic carbocycles. The van der Waals surface area contributed by atoms with Crippen molar-refractivity contribution in [2.24, 2.45) is 5.92 Å². The first kappa shape index (κ1) is 14.7. The predicted molar refractivity (Wildman–Crippen MR) is 80.6 cm³/mol. The Hall–Kier alpha value is 0.330. The molecular formula is C14H24O2S2. The first-order valence-electron chi connectivity index (χ1n) is 6.97. The van der Waals surface area contributed by atoms with Gasteiger partial charge in [0.1, 0.15) is 5.78 Å². The van der Waals surface area contributed by atoms with Crippen LogP contribution >= 0.6 is 23.5 Å². The topological polar surface area (TPSA) is 26.3 Å². The van der Waals surface area contributed by atoms with E-state index in [0.717, 1.165) is 32.3 Å². The van der Waals surface area contributed by atoms with Crippen molar-refractivity contribution < 1.29 is 9.53 Å². The van der Waals surface area contributed by atoms with E-state index in [-0.39, 0.29) is 11.5 Å². The number of carbonyl (C=O) groups excluding carboxylic acids is 1. The van der Waals surface area contributed by atoms with Crippen molar-refractivity contribution in [1.82, 2.24) is 0 Å². The fraction of sp³-hybridized carbons (Fsp3) is 0.929. The van der Waals surface area contributed by atoms with Crippen LogP contribution in [0.5, 0.6) is 0 Å². The van der Waals surface area contributed by atoms with Gasteiger partial charge in [0.15, 0.2) is 0 Å². The number of hydrogen-bond donors (Lipinski definition) is 0. The molecule has 0 radical (unpaired) electrons. The Morgan fingerprint density at radius 3 is 2.83 bits per heavy atom. The number of carbonyl (C=O) groups is 1. The van der Waals surface area contributed by atoms with Gasteiger partial charge in [0.2, 0.25) is 0 Å². The second kappa shape index (κ2) is 6.67. The van der Waals surface area contributed by atoms with E-state index in [0.29, 0.717) is 16.8 Å². The van der Waals surface area contributed by atoms with Gasteiger partial charge in [-0.3, -0.25) is 4.79 Å². The minimum absolute atomic E-state index is 0.0479. The minimum atomic E-state index is 0.0479. The average Bonchev–Trinajstić information content (AvgIpc) is 2.37. The zero-order chi connectivity index (χ0) is 13.0. The second-order valence-corrected chi connectivity index (χ2v) is 8.45. The Bertz CT molecular complexity index is 280. The highest BCUT2D eigenvalue weighted by Crippen LogP contribution is 2.40. The molecule has 1 unspecified atom stereocenters. The third-order valence-corrected chi connectivity index (χ3v) is 6.01. The molecule has 0 amide bonds. The standard InChI is InChI=1S/C14H24O2S2/c1-11(2)18-10-13(15)12-3-6-16-14(9-12)4-7-17-8-5-14/h11-12H,3-10H2,1-2H3. The molecule has 2 heterocycles. The molecule has 0 N–H and O–H groups in total. The van der Waals surface area contributed by atoms with Gasteiger partial charge in [0.25, 0.3) is 0 Å². The molecule has 2 saturated heterocycles. The van der Waals surface area contributed by atoms with E-state index in [1.54, 1.807) is 11.8 Å². The van der Waals surface area contributed by atoms with Crippen molar-refractivity contribution in [2.45, 2.75) is 50.4 Å². The second-order valence-electron chi connectivity index (χ2n) is 5.66. The van der Waals surface area contributed by atoms with E-state index in [4.69, 9.17) is 4.74 Å². The van der Waals surface area contributed by atoms with Crippen LogP contribution < -0.4 is 0 Å². The van der Waals surface area contributed by atoms with Crippen molar-refractivity contribution in [3.8, 4) is 0 Å². The van der Waals surface area contributed by atoms with Crippen LogP contribution in [0, 0.1) is 5.92 Å². The Morgan fingerprint density at radius 2 is 2.17 bits per heavy atom. The Morgan fingerprint density at radius 1 is 1.44 bits per heavy atom. The molecule has 1 atom stereocenters. The van der Waals surface area contributed by atoms with E-state index < -0.39 is 0 Å². The summed E-state index contributed by atoms with van der Waals surface area (Å²) in [5.74, 6) is 3.79. The lowest BCUT2D eigenvalue weighted by Crippen LogP contribution is -2.44. The predicted octanol–water partition coefficient (Wildman–Crippen LogP) is 3.39. The summed E-state index contributed by atoms with van der Waals surface area (Å²) >= 11 is 3.79. The Kier molecular flexibility index (Phi) is 5.46. The maximum Gasteiger partial charge on any atom is 0.146 e. The molecule has 0 saturated carbocycles. The molecule has 1 spiro atoms. The summed E-state index contributed by atoms with van der Waals surface area (Å²) in [4.78, 5) is 12.2. The fourth-order valence-electron chi connectivity index (χ4n) is 2.76. The van der Waals surface area contributed by atoms with Gasteiger partial charge in [-0.05, 0) is 42.4 Å². The summed E-state index contributed by atoms with van der Waals surface area (Å²) in [6.45, 7) is 5.09. The summed E-state index contributed by atoms with van der Waals surface area (Å²) < 4.78 is 6.04. The zero-order valence-corrected chi connectivity index (χ0v) is 13.1. The van der Waals surface area contributed by atoms with Crippen LogP contribution in [0.15, 0.2) is 0 Å². The number of thioether (sulfide) groups is 2. The highest BCUT2D eigenvalue weighted by molar-refractivity contribution is 8.00.